The SMILES string of the molecule is CN/C(OC)=C(/CNC(=O)c1cc2c(-c3ccc(N)nc3)ccn2c(C(C)N2CCN(CC(F)(F)F)CC2)c1C)C(N)=O. The Morgan fingerprint density at radius 2 is 1.86 bits per heavy atom. The Balaban J connectivity index is 1.74. The van der Waals surface area contributed by atoms with Crippen LogP contribution in [-0.4, -0.2) is 90.6 Å². The topological polar surface area (TPSA) is 143 Å². The molecule has 0 aromatic carbocycles. The second-order valence-electron chi connectivity index (χ2n) is 10.4. The number of nitrogens with zero attached hydrogens (tertiary/aromatic N) is 4. The fraction of sp³-hybridized carbons (Fsp3) is 0.414. The fourth-order valence-electron chi connectivity index (χ4n) is 5.58. The van der Waals surface area contributed by atoms with Gasteiger partial charge in [-0.15, -0.1) is 0 Å². The van der Waals surface area contributed by atoms with E-state index in [0.29, 0.717) is 30.0 Å². The van der Waals surface area contributed by atoms with Gasteiger partial charge in [0, 0.05) is 74.0 Å². The van der Waals surface area contributed by atoms with Crippen LogP contribution in [0.4, 0.5) is 19.0 Å². The average molecular weight is 603 g/mol. The molecule has 0 spiro atoms. The molecule has 1 unspecified atom stereocenters. The Hall–Kier alpha value is -4.30. The molecule has 1 aliphatic rings. The van der Waals surface area contributed by atoms with Gasteiger partial charge in [0.2, 0.25) is 0 Å². The zero-order valence-electron chi connectivity index (χ0n) is 24.6. The molecule has 2 amide bonds. The van der Waals surface area contributed by atoms with Crippen molar-refractivity contribution in [2.24, 2.45) is 5.73 Å². The number of primary amides is 1. The van der Waals surface area contributed by atoms with E-state index in [1.54, 1.807) is 25.4 Å². The first-order valence-corrected chi connectivity index (χ1v) is 13.8. The van der Waals surface area contributed by atoms with E-state index in [9.17, 15) is 22.8 Å². The van der Waals surface area contributed by atoms with Crippen LogP contribution in [0.15, 0.2) is 48.1 Å². The molecule has 1 atom stereocenters. The second kappa shape index (κ2) is 12.9. The van der Waals surface area contributed by atoms with Gasteiger partial charge in [-0.2, -0.15) is 13.2 Å². The molecule has 4 rings (SSSR count). The number of piperazine rings is 1. The lowest BCUT2D eigenvalue weighted by Crippen LogP contribution is -2.49. The van der Waals surface area contributed by atoms with Crippen molar-refractivity contribution in [3.63, 3.8) is 0 Å². The zero-order valence-corrected chi connectivity index (χ0v) is 24.6. The summed E-state index contributed by atoms with van der Waals surface area (Å²) in [6.07, 6.45) is -0.689. The van der Waals surface area contributed by atoms with E-state index < -0.39 is 24.5 Å². The molecule has 0 bridgehead atoms. The van der Waals surface area contributed by atoms with Gasteiger partial charge in [-0.3, -0.25) is 19.4 Å². The predicted octanol–water partition coefficient (Wildman–Crippen LogP) is 2.43. The highest BCUT2D eigenvalue weighted by atomic mass is 19.4. The maximum atomic E-state index is 13.7. The lowest BCUT2D eigenvalue weighted by atomic mass is 9.99. The molecule has 1 saturated heterocycles. The molecular weight excluding hydrogens is 565 g/mol. The van der Waals surface area contributed by atoms with E-state index in [-0.39, 0.29) is 37.1 Å². The van der Waals surface area contributed by atoms with Crippen LogP contribution in [0.5, 0.6) is 0 Å². The summed E-state index contributed by atoms with van der Waals surface area (Å²) in [6, 6.07) is 6.99. The second-order valence-corrected chi connectivity index (χ2v) is 10.4. The number of nitrogens with two attached hydrogens (primary N) is 2. The maximum absolute atomic E-state index is 13.7. The number of rotatable bonds is 10. The molecule has 0 radical (unpaired) electrons. The molecule has 4 heterocycles. The third-order valence-corrected chi connectivity index (χ3v) is 7.78. The number of carbonyl (C=O) groups is 2. The summed E-state index contributed by atoms with van der Waals surface area (Å²) in [4.78, 5) is 33.5. The largest absolute Gasteiger partial charge is 0.482 e. The zero-order chi connectivity index (χ0) is 31.5. The van der Waals surface area contributed by atoms with Gasteiger partial charge in [-0.1, -0.05) is 0 Å². The summed E-state index contributed by atoms with van der Waals surface area (Å²) >= 11 is 0. The summed E-state index contributed by atoms with van der Waals surface area (Å²) < 4.78 is 46.1. The molecule has 14 heteroatoms. The van der Waals surface area contributed by atoms with E-state index in [1.807, 2.05) is 36.6 Å². The highest BCUT2D eigenvalue weighted by molar-refractivity contribution is 6.00. The average Bonchev–Trinajstić information content (AvgIpc) is 3.37. The number of carbonyl (C=O) groups excluding carboxylic acids is 2. The van der Waals surface area contributed by atoms with E-state index in [4.69, 9.17) is 16.2 Å². The van der Waals surface area contributed by atoms with E-state index in [0.717, 1.165) is 22.3 Å². The number of alkyl halides is 3. The number of anilines is 1. The van der Waals surface area contributed by atoms with Crippen molar-refractivity contribution >= 4 is 23.1 Å². The quantitative estimate of drug-likeness (QED) is 0.205. The number of methoxy groups -OCH3 is 1. The van der Waals surface area contributed by atoms with Crippen LogP contribution in [0.3, 0.4) is 0 Å². The number of pyridine rings is 2. The Kier molecular flexibility index (Phi) is 9.50. The first-order chi connectivity index (χ1) is 20.3. The molecule has 232 valence electrons. The van der Waals surface area contributed by atoms with Crippen molar-refractivity contribution in [2.45, 2.75) is 26.1 Å². The Morgan fingerprint density at radius 3 is 2.42 bits per heavy atom. The monoisotopic (exact) mass is 602 g/mol. The Labute approximate surface area is 247 Å². The molecule has 3 aromatic heterocycles. The lowest BCUT2D eigenvalue weighted by Gasteiger charge is -2.39. The summed E-state index contributed by atoms with van der Waals surface area (Å²) in [5.41, 5.74) is 15.6. The number of halogens is 3. The molecule has 1 fully saturated rings. The van der Waals surface area contributed by atoms with Crippen molar-refractivity contribution in [1.82, 2.24) is 29.8 Å². The van der Waals surface area contributed by atoms with Gasteiger partial charge in [0.15, 0.2) is 5.88 Å². The van der Waals surface area contributed by atoms with Crippen LogP contribution in [-0.2, 0) is 9.53 Å². The number of nitrogen functional groups attached to an aromatic ring is 1. The number of ether oxygens (including phenoxy) is 1. The third kappa shape index (κ3) is 7.03. The van der Waals surface area contributed by atoms with Gasteiger partial charge in [0.25, 0.3) is 11.8 Å². The summed E-state index contributed by atoms with van der Waals surface area (Å²) in [5.74, 6) is -0.667. The van der Waals surface area contributed by atoms with Crippen LogP contribution in [0, 0.1) is 6.92 Å². The van der Waals surface area contributed by atoms with Crippen LogP contribution >= 0.6 is 0 Å². The van der Waals surface area contributed by atoms with Crippen molar-refractivity contribution in [1.29, 1.82) is 0 Å². The van der Waals surface area contributed by atoms with Gasteiger partial charge >= 0.3 is 6.18 Å². The molecule has 6 N–H and O–H groups in total. The van der Waals surface area contributed by atoms with Gasteiger partial charge in [0.1, 0.15) is 5.82 Å². The molecule has 3 aromatic rings. The van der Waals surface area contributed by atoms with Crippen molar-refractivity contribution in [2.75, 3.05) is 59.2 Å². The number of nitrogens with one attached hydrogen (secondary N) is 2. The predicted molar refractivity (Wildman–Crippen MR) is 157 cm³/mol. The number of hydrogen-bond donors (Lipinski definition) is 4. The van der Waals surface area contributed by atoms with Gasteiger partial charge in [-0.05, 0) is 43.7 Å². The lowest BCUT2D eigenvalue weighted by molar-refractivity contribution is -0.149. The summed E-state index contributed by atoms with van der Waals surface area (Å²) in [6.45, 7) is 4.12. The van der Waals surface area contributed by atoms with Gasteiger partial charge in [0.05, 0.1) is 31.3 Å². The molecule has 1 aliphatic heterocycles. The summed E-state index contributed by atoms with van der Waals surface area (Å²) in [5, 5.41) is 5.53. The van der Waals surface area contributed by atoms with Crippen LogP contribution in [0.1, 0.15) is 34.6 Å². The normalized spacial score (nSPS) is 16.1. The molecule has 0 aliphatic carbocycles. The van der Waals surface area contributed by atoms with E-state index in [2.05, 4.69) is 20.5 Å². The van der Waals surface area contributed by atoms with Crippen molar-refractivity contribution < 1.29 is 27.5 Å². The Morgan fingerprint density at radius 1 is 1.16 bits per heavy atom. The molecule has 11 nitrogen and oxygen atoms in total. The number of fused-ring (bicyclic) bond motifs is 1. The molecular formula is C29H37F3N8O3. The van der Waals surface area contributed by atoms with E-state index >= 15 is 0 Å². The van der Waals surface area contributed by atoms with Crippen LogP contribution in [0.2, 0.25) is 0 Å². The fourth-order valence-corrected chi connectivity index (χ4v) is 5.58. The minimum absolute atomic E-state index is 0.0683. The van der Waals surface area contributed by atoms with Crippen molar-refractivity contribution in [3.8, 4) is 11.1 Å². The molecule has 43 heavy (non-hydrogen) atoms. The number of hydrogen-bond acceptors (Lipinski definition) is 8. The summed E-state index contributed by atoms with van der Waals surface area (Å²) in [7, 11) is 2.95. The smallest absolute Gasteiger partial charge is 0.401 e. The first kappa shape index (κ1) is 31.6. The van der Waals surface area contributed by atoms with Gasteiger partial charge < -0.3 is 31.2 Å². The number of amides is 2. The highest BCUT2D eigenvalue weighted by Gasteiger charge is 2.34. The minimum Gasteiger partial charge on any atom is -0.482 e. The number of aromatic nitrogens is 2. The standard InChI is InChI=1S/C29H37F3N8O3/c1-17-21(27(42)37-15-22(26(34)41)28(35-3)43-4)13-23-20(19-5-6-24(33)36-14-19)7-8-40(23)25(17)18(2)39-11-9-38(10-12-39)16-29(30,31)32/h5-8,13-14,18,35H,9-12,15-16H2,1-4H3,(H2,33,36)(H2,34,41)(H,37,42)/b28-22+. The Bertz CT molecular complexity index is 1500. The van der Waals surface area contributed by atoms with Crippen LogP contribution < -0.4 is 22.1 Å². The van der Waals surface area contributed by atoms with Crippen molar-refractivity contribution in [3.05, 3.63) is 64.9 Å². The minimum atomic E-state index is -4.25. The van der Waals surface area contributed by atoms with Gasteiger partial charge in [-0.25, -0.2) is 4.98 Å². The molecule has 0 saturated carbocycles. The van der Waals surface area contributed by atoms with E-state index in [1.165, 1.54) is 12.0 Å². The highest BCUT2D eigenvalue weighted by Crippen LogP contribution is 2.34. The first-order valence-electron chi connectivity index (χ1n) is 13.8. The third-order valence-electron chi connectivity index (χ3n) is 7.78. The van der Waals surface area contributed by atoms with Crippen LogP contribution in [0.25, 0.3) is 16.6 Å². The maximum Gasteiger partial charge on any atom is 0.401 e.